The standard InChI is InChI=1S/C13H20BrN/c1-10(2)15-9-11(3)8-12-4-6-13(14)7-5-12/h4-7,10-11,15H,8-9H2,1-3H3. The zero-order chi connectivity index (χ0) is 11.3. The summed E-state index contributed by atoms with van der Waals surface area (Å²) in [4.78, 5) is 0. The Bertz CT molecular complexity index is 279. The molecule has 0 aliphatic heterocycles. The first-order valence-corrected chi connectivity index (χ1v) is 6.35. The molecule has 0 aliphatic rings. The summed E-state index contributed by atoms with van der Waals surface area (Å²) in [6.07, 6.45) is 1.15. The number of nitrogens with one attached hydrogen (secondary N) is 1. The van der Waals surface area contributed by atoms with E-state index >= 15 is 0 Å². The lowest BCUT2D eigenvalue weighted by atomic mass is 10.0. The maximum atomic E-state index is 3.47. The van der Waals surface area contributed by atoms with E-state index in [9.17, 15) is 0 Å². The van der Waals surface area contributed by atoms with Crippen LogP contribution in [0.15, 0.2) is 28.7 Å². The minimum absolute atomic E-state index is 0.581. The molecule has 0 heterocycles. The molecule has 0 fully saturated rings. The van der Waals surface area contributed by atoms with Crippen molar-refractivity contribution < 1.29 is 0 Å². The fourth-order valence-corrected chi connectivity index (χ4v) is 1.80. The molecule has 2 heteroatoms. The van der Waals surface area contributed by atoms with Crippen LogP contribution in [0.3, 0.4) is 0 Å². The van der Waals surface area contributed by atoms with Crippen molar-refractivity contribution in [3.8, 4) is 0 Å². The van der Waals surface area contributed by atoms with Crippen LogP contribution in [0.4, 0.5) is 0 Å². The Morgan fingerprint density at radius 1 is 1.13 bits per heavy atom. The first-order valence-electron chi connectivity index (χ1n) is 5.55. The third-order valence-corrected chi connectivity index (χ3v) is 2.90. The third-order valence-electron chi connectivity index (χ3n) is 2.37. The molecule has 1 atom stereocenters. The second-order valence-corrected chi connectivity index (χ2v) is 5.41. The molecule has 84 valence electrons. The van der Waals surface area contributed by atoms with Gasteiger partial charge in [0.1, 0.15) is 0 Å². The number of hydrogen-bond donors (Lipinski definition) is 1. The van der Waals surface area contributed by atoms with E-state index < -0.39 is 0 Å². The van der Waals surface area contributed by atoms with Crippen molar-refractivity contribution in [2.24, 2.45) is 5.92 Å². The van der Waals surface area contributed by atoms with Crippen LogP contribution >= 0.6 is 15.9 Å². The summed E-state index contributed by atoms with van der Waals surface area (Å²) in [5, 5.41) is 3.47. The predicted molar refractivity (Wildman–Crippen MR) is 70.1 cm³/mol. The highest BCUT2D eigenvalue weighted by molar-refractivity contribution is 9.10. The van der Waals surface area contributed by atoms with E-state index in [0.29, 0.717) is 12.0 Å². The summed E-state index contributed by atoms with van der Waals surface area (Å²) in [5.74, 6) is 0.688. The lowest BCUT2D eigenvalue weighted by Gasteiger charge is -2.14. The van der Waals surface area contributed by atoms with Crippen LogP contribution in [-0.4, -0.2) is 12.6 Å². The monoisotopic (exact) mass is 269 g/mol. The highest BCUT2D eigenvalue weighted by atomic mass is 79.9. The van der Waals surface area contributed by atoms with Crippen LogP contribution < -0.4 is 5.32 Å². The molecular weight excluding hydrogens is 250 g/mol. The Kier molecular flexibility index (Phi) is 5.34. The molecule has 1 aromatic carbocycles. The van der Waals surface area contributed by atoms with E-state index in [4.69, 9.17) is 0 Å². The summed E-state index contributed by atoms with van der Waals surface area (Å²) >= 11 is 3.45. The number of halogens is 1. The Morgan fingerprint density at radius 2 is 1.73 bits per heavy atom. The Hall–Kier alpha value is -0.340. The van der Waals surface area contributed by atoms with E-state index in [1.165, 1.54) is 5.56 Å². The highest BCUT2D eigenvalue weighted by Gasteiger charge is 2.04. The first-order chi connectivity index (χ1) is 7.08. The van der Waals surface area contributed by atoms with Gasteiger partial charge in [0.15, 0.2) is 0 Å². The molecule has 1 N–H and O–H groups in total. The zero-order valence-electron chi connectivity index (χ0n) is 9.76. The number of benzene rings is 1. The van der Waals surface area contributed by atoms with Crippen LogP contribution in [0.1, 0.15) is 26.3 Å². The Balaban J connectivity index is 2.37. The van der Waals surface area contributed by atoms with Crippen LogP contribution in [0.25, 0.3) is 0 Å². The van der Waals surface area contributed by atoms with E-state index in [1.807, 2.05) is 0 Å². The van der Waals surface area contributed by atoms with Gasteiger partial charge in [0.05, 0.1) is 0 Å². The summed E-state index contributed by atoms with van der Waals surface area (Å²) in [5.41, 5.74) is 1.41. The zero-order valence-corrected chi connectivity index (χ0v) is 11.3. The molecule has 1 rings (SSSR count). The van der Waals surface area contributed by atoms with Crippen molar-refractivity contribution in [3.63, 3.8) is 0 Å². The second-order valence-electron chi connectivity index (χ2n) is 4.50. The average Bonchev–Trinajstić information content (AvgIpc) is 2.19. The third kappa shape index (κ3) is 5.33. The van der Waals surface area contributed by atoms with Crippen molar-refractivity contribution >= 4 is 15.9 Å². The normalized spacial score (nSPS) is 13.1. The van der Waals surface area contributed by atoms with Crippen molar-refractivity contribution in [2.75, 3.05) is 6.54 Å². The summed E-state index contributed by atoms with van der Waals surface area (Å²) < 4.78 is 1.15. The van der Waals surface area contributed by atoms with Gasteiger partial charge in [0.2, 0.25) is 0 Å². The molecule has 0 aliphatic carbocycles. The summed E-state index contributed by atoms with van der Waals surface area (Å²) in [7, 11) is 0. The van der Waals surface area contributed by atoms with Crippen molar-refractivity contribution in [3.05, 3.63) is 34.3 Å². The van der Waals surface area contributed by atoms with Crippen LogP contribution in [0.5, 0.6) is 0 Å². The van der Waals surface area contributed by atoms with Gasteiger partial charge in [-0.05, 0) is 36.6 Å². The number of hydrogen-bond acceptors (Lipinski definition) is 1. The molecule has 0 aromatic heterocycles. The van der Waals surface area contributed by atoms with Crippen molar-refractivity contribution in [1.82, 2.24) is 5.32 Å². The molecule has 1 nitrogen and oxygen atoms in total. The summed E-state index contributed by atoms with van der Waals surface area (Å²) in [6.45, 7) is 7.75. The lowest BCUT2D eigenvalue weighted by molar-refractivity contribution is 0.476. The van der Waals surface area contributed by atoms with Crippen LogP contribution in [0.2, 0.25) is 0 Å². The predicted octanol–water partition coefficient (Wildman–Crippen LogP) is 3.63. The average molecular weight is 270 g/mol. The molecular formula is C13H20BrN. The van der Waals surface area contributed by atoms with E-state index in [0.717, 1.165) is 17.4 Å². The van der Waals surface area contributed by atoms with Gasteiger partial charge in [-0.3, -0.25) is 0 Å². The van der Waals surface area contributed by atoms with E-state index in [2.05, 4.69) is 66.3 Å². The molecule has 0 saturated heterocycles. The molecule has 0 spiro atoms. The maximum Gasteiger partial charge on any atom is 0.0175 e. The quantitative estimate of drug-likeness (QED) is 0.861. The van der Waals surface area contributed by atoms with Gasteiger partial charge in [-0.1, -0.05) is 48.8 Å². The van der Waals surface area contributed by atoms with Gasteiger partial charge < -0.3 is 5.32 Å². The van der Waals surface area contributed by atoms with Gasteiger partial charge >= 0.3 is 0 Å². The Morgan fingerprint density at radius 3 is 2.27 bits per heavy atom. The topological polar surface area (TPSA) is 12.0 Å². The lowest BCUT2D eigenvalue weighted by Crippen LogP contribution is -2.28. The second kappa shape index (κ2) is 6.29. The van der Waals surface area contributed by atoms with Crippen LogP contribution in [-0.2, 0) is 6.42 Å². The fraction of sp³-hybridized carbons (Fsp3) is 0.538. The van der Waals surface area contributed by atoms with Gasteiger partial charge in [0, 0.05) is 10.5 Å². The van der Waals surface area contributed by atoms with E-state index in [1.54, 1.807) is 0 Å². The molecule has 0 amide bonds. The van der Waals surface area contributed by atoms with Gasteiger partial charge in [-0.2, -0.15) is 0 Å². The molecule has 0 radical (unpaired) electrons. The van der Waals surface area contributed by atoms with Crippen LogP contribution in [0, 0.1) is 5.92 Å². The number of rotatable bonds is 5. The smallest absolute Gasteiger partial charge is 0.0175 e. The SMILES string of the molecule is CC(CNC(C)C)Cc1ccc(Br)cc1. The first kappa shape index (κ1) is 12.7. The molecule has 1 aromatic rings. The molecule has 0 bridgehead atoms. The fourth-order valence-electron chi connectivity index (χ4n) is 1.53. The van der Waals surface area contributed by atoms with Gasteiger partial charge in [0.25, 0.3) is 0 Å². The maximum absolute atomic E-state index is 3.47. The minimum atomic E-state index is 0.581. The van der Waals surface area contributed by atoms with Crippen molar-refractivity contribution in [1.29, 1.82) is 0 Å². The molecule has 1 unspecified atom stereocenters. The largest absolute Gasteiger partial charge is 0.314 e. The van der Waals surface area contributed by atoms with E-state index in [-0.39, 0.29) is 0 Å². The highest BCUT2D eigenvalue weighted by Crippen LogP contribution is 2.13. The minimum Gasteiger partial charge on any atom is -0.314 e. The molecule has 0 saturated carbocycles. The van der Waals surface area contributed by atoms with Gasteiger partial charge in [-0.15, -0.1) is 0 Å². The van der Waals surface area contributed by atoms with Crippen molar-refractivity contribution in [2.45, 2.75) is 33.2 Å². The molecule has 15 heavy (non-hydrogen) atoms. The Labute approximate surface area is 101 Å². The summed E-state index contributed by atoms with van der Waals surface area (Å²) in [6, 6.07) is 9.18. The van der Waals surface area contributed by atoms with Gasteiger partial charge in [-0.25, -0.2) is 0 Å².